The Morgan fingerprint density at radius 1 is 1.29 bits per heavy atom. The Kier molecular flexibility index (Phi) is 4.49. The minimum atomic E-state index is 0.721. The van der Waals surface area contributed by atoms with Gasteiger partial charge in [0.1, 0.15) is 5.82 Å². The van der Waals surface area contributed by atoms with Gasteiger partial charge >= 0.3 is 0 Å². The quantitative estimate of drug-likeness (QED) is 0.772. The fourth-order valence-electron chi connectivity index (χ4n) is 3.54. The number of nitrogens with one attached hydrogen (secondary N) is 1. The molecular weight excluding hydrogens is 318 g/mol. The monoisotopic (exact) mass is 341 g/mol. The molecule has 1 N–H and O–H groups in total. The van der Waals surface area contributed by atoms with Crippen LogP contribution in [0.5, 0.6) is 0 Å². The Morgan fingerprint density at radius 3 is 3.04 bits per heavy atom. The molecule has 0 spiro atoms. The van der Waals surface area contributed by atoms with Gasteiger partial charge in [-0.3, -0.25) is 10.00 Å². The van der Waals surface area contributed by atoms with E-state index in [1.807, 2.05) is 29.8 Å². The van der Waals surface area contributed by atoms with Crippen LogP contribution in [0.4, 0.5) is 0 Å². The van der Waals surface area contributed by atoms with Gasteiger partial charge in [-0.15, -0.1) is 11.3 Å². The van der Waals surface area contributed by atoms with Gasteiger partial charge in [0.05, 0.1) is 10.6 Å². The van der Waals surface area contributed by atoms with Crippen molar-refractivity contribution >= 4 is 11.3 Å². The molecule has 1 unspecified atom stereocenters. The molecule has 126 valence electrons. The Hall–Kier alpha value is -1.92. The number of likely N-dealkylation sites (tertiary alicyclic amines) is 1. The highest BCUT2D eigenvalue weighted by atomic mass is 32.1. The summed E-state index contributed by atoms with van der Waals surface area (Å²) < 4.78 is 2.29. The third kappa shape index (κ3) is 3.44. The van der Waals surface area contributed by atoms with E-state index in [-0.39, 0.29) is 0 Å². The molecule has 0 bridgehead atoms. The molecule has 0 saturated carbocycles. The first-order valence-electron chi connectivity index (χ1n) is 8.56. The van der Waals surface area contributed by atoms with E-state index in [0.29, 0.717) is 0 Å². The SMILES string of the molecule is Cc1nccn1CC1CCCN(Cc2ccc(-c3ccn[nH]3)s2)C1. The number of rotatable bonds is 5. The average Bonchev–Trinajstić information content (AvgIpc) is 3.31. The second-order valence-corrected chi connectivity index (χ2v) is 7.77. The maximum absolute atomic E-state index is 4.34. The van der Waals surface area contributed by atoms with Gasteiger partial charge < -0.3 is 4.57 Å². The minimum Gasteiger partial charge on any atom is -0.335 e. The molecule has 1 atom stereocenters. The second kappa shape index (κ2) is 6.91. The Morgan fingerprint density at radius 2 is 2.25 bits per heavy atom. The van der Waals surface area contributed by atoms with Crippen molar-refractivity contribution in [3.63, 3.8) is 0 Å². The van der Waals surface area contributed by atoms with Gasteiger partial charge in [-0.25, -0.2) is 4.98 Å². The van der Waals surface area contributed by atoms with E-state index in [4.69, 9.17) is 0 Å². The molecule has 0 radical (unpaired) electrons. The third-order valence-corrected chi connectivity index (χ3v) is 5.89. The summed E-state index contributed by atoms with van der Waals surface area (Å²) in [5.74, 6) is 1.84. The molecule has 1 fully saturated rings. The van der Waals surface area contributed by atoms with Crippen LogP contribution in [0, 0.1) is 12.8 Å². The van der Waals surface area contributed by atoms with Crippen LogP contribution in [-0.4, -0.2) is 37.7 Å². The highest BCUT2D eigenvalue weighted by Crippen LogP contribution is 2.28. The van der Waals surface area contributed by atoms with Crippen LogP contribution in [0.25, 0.3) is 10.6 Å². The zero-order valence-corrected chi connectivity index (χ0v) is 14.8. The lowest BCUT2D eigenvalue weighted by atomic mass is 9.98. The minimum absolute atomic E-state index is 0.721. The van der Waals surface area contributed by atoms with E-state index in [9.17, 15) is 0 Å². The predicted molar refractivity (Wildman–Crippen MR) is 96.9 cm³/mol. The van der Waals surface area contributed by atoms with Crippen LogP contribution in [-0.2, 0) is 13.1 Å². The van der Waals surface area contributed by atoms with Crippen molar-refractivity contribution in [1.29, 1.82) is 0 Å². The van der Waals surface area contributed by atoms with Crippen LogP contribution in [0.3, 0.4) is 0 Å². The van der Waals surface area contributed by atoms with E-state index in [2.05, 4.69) is 49.9 Å². The Balaban J connectivity index is 1.37. The summed E-state index contributed by atoms with van der Waals surface area (Å²) in [4.78, 5) is 9.64. The van der Waals surface area contributed by atoms with Crippen LogP contribution in [0.2, 0.25) is 0 Å². The summed E-state index contributed by atoms with van der Waals surface area (Å²) in [5, 5.41) is 7.09. The summed E-state index contributed by atoms with van der Waals surface area (Å²) in [6, 6.07) is 6.48. The van der Waals surface area contributed by atoms with Gasteiger partial charge in [0.25, 0.3) is 0 Å². The van der Waals surface area contributed by atoms with Crippen molar-refractivity contribution in [2.45, 2.75) is 32.9 Å². The molecule has 5 nitrogen and oxygen atoms in total. The standard InChI is InChI=1S/C18H23N5S/c1-14-19-8-10-23(14)12-15-3-2-9-22(11-15)13-16-4-5-18(24-16)17-6-7-20-21-17/h4-8,10,15H,2-3,9,11-13H2,1H3,(H,20,21). The second-order valence-electron chi connectivity index (χ2n) is 6.61. The number of aromatic nitrogens is 4. The van der Waals surface area contributed by atoms with Gasteiger partial charge in [-0.1, -0.05) is 0 Å². The van der Waals surface area contributed by atoms with Crippen LogP contribution < -0.4 is 0 Å². The van der Waals surface area contributed by atoms with Crippen molar-refractivity contribution in [1.82, 2.24) is 24.6 Å². The molecule has 1 aliphatic rings. The number of imidazole rings is 1. The first-order valence-corrected chi connectivity index (χ1v) is 9.38. The number of aromatic amines is 1. The topological polar surface area (TPSA) is 49.7 Å². The van der Waals surface area contributed by atoms with Crippen molar-refractivity contribution in [2.24, 2.45) is 5.92 Å². The lowest BCUT2D eigenvalue weighted by molar-refractivity contribution is 0.156. The fraction of sp³-hybridized carbons (Fsp3) is 0.444. The highest BCUT2D eigenvalue weighted by Gasteiger charge is 2.21. The van der Waals surface area contributed by atoms with Crippen molar-refractivity contribution in [2.75, 3.05) is 13.1 Å². The number of hydrogen-bond acceptors (Lipinski definition) is 4. The number of nitrogens with zero attached hydrogens (tertiary/aromatic N) is 4. The number of hydrogen-bond donors (Lipinski definition) is 1. The molecular formula is C18H23N5S. The van der Waals surface area contributed by atoms with E-state index in [0.717, 1.165) is 30.5 Å². The zero-order chi connectivity index (χ0) is 16.4. The molecule has 6 heteroatoms. The van der Waals surface area contributed by atoms with Gasteiger partial charge in [-0.05, 0) is 50.4 Å². The van der Waals surface area contributed by atoms with Gasteiger partial charge in [-0.2, -0.15) is 5.10 Å². The number of H-pyrrole nitrogens is 1. The molecule has 1 saturated heterocycles. The first kappa shape index (κ1) is 15.6. The average molecular weight is 341 g/mol. The molecule has 3 aromatic rings. The normalized spacial score (nSPS) is 19.0. The fourth-order valence-corrected chi connectivity index (χ4v) is 4.57. The largest absolute Gasteiger partial charge is 0.335 e. The van der Waals surface area contributed by atoms with Crippen molar-refractivity contribution in [3.8, 4) is 10.6 Å². The summed E-state index contributed by atoms with van der Waals surface area (Å²) in [6.07, 6.45) is 8.42. The van der Waals surface area contributed by atoms with E-state index in [1.54, 1.807) is 0 Å². The van der Waals surface area contributed by atoms with E-state index < -0.39 is 0 Å². The number of piperidine rings is 1. The molecule has 3 aromatic heterocycles. The van der Waals surface area contributed by atoms with Crippen LogP contribution >= 0.6 is 11.3 Å². The zero-order valence-electron chi connectivity index (χ0n) is 14.0. The highest BCUT2D eigenvalue weighted by molar-refractivity contribution is 7.15. The van der Waals surface area contributed by atoms with Crippen LogP contribution in [0.15, 0.2) is 36.8 Å². The molecule has 0 aliphatic carbocycles. The predicted octanol–water partition coefficient (Wildman–Crippen LogP) is 3.56. The lowest BCUT2D eigenvalue weighted by Crippen LogP contribution is -2.36. The Labute approximate surface area is 146 Å². The summed E-state index contributed by atoms with van der Waals surface area (Å²) >= 11 is 1.87. The lowest BCUT2D eigenvalue weighted by Gasteiger charge is -2.32. The number of aryl methyl sites for hydroxylation is 1. The van der Waals surface area contributed by atoms with E-state index in [1.165, 1.54) is 35.7 Å². The van der Waals surface area contributed by atoms with Gasteiger partial charge in [0.2, 0.25) is 0 Å². The van der Waals surface area contributed by atoms with Crippen LogP contribution in [0.1, 0.15) is 23.5 Å². The first-order chi connectivity index (χ1) is 11.8. The molecule has 4 heterocycles. The smallest absolute Gasteiger partial charge is 0.105 e. The van der Waals surface area contributed by atoms with Crippen molar-refractivity contribution in [3.05, 3.63) is 47.5 Å². The molecule has 0 amide bonds. The molecule has 1 aliphatic heterocycles. The maximum Gasteiger partial charge on any atom is 0.105 e. The molecule has 24 heavy (non-hydrogen) atoms. The summed E-state index contributed by atoms with van der Waals surface area (Å²) in [5.41, 5.74) is 1.11. The van der Waals surface area contributed by atoms with E-state index >= 15 is 0 Å². The maximum atomic E-state index is 4.34. The summed E-state index contributed by atoms with van der Waals surface area (Å²) in [6.45, 7) is 6.61. The summed E-state index contributed by atoms with van der Waals surface area (Å²) in [7, 11) is 0. The van der Waals surface area contributed by atoms with Gasteiger partial charge in [0, 0.05) is 43.1 Å². The Bertz CT molecular complexity index is 773. The number of thiophene rings is 1. The molecule has 4 rings (SSSR count). The van der Waals surface area contributed by atoms with Crippen molar-refractivity contribution < 1.29 is 0 Å². The molecule has 0 aromatic carbocycles. The third-order valence-electron chi connectivity index (χ3n) is 4.79. The van der Waals surface area contributed by atoms with Gasteiger partial charge in [0.15, 0.2) is 0 Å².